The molecule has 2 nitrogen and oxygen atoms in total. The Kier molecular flexibility index (Phi) is 2.15. The van der Waals surface area contributed by atoms with E-state index in [-0.39, 0.29) is 5.82 Å². The number of aryl methyl sites for hydroxylation is 1. The van der Waals surface area contributed by atoms with Crippen LogP contribution in [-0.2, 0) is 0 Å². The molecule has 0 aliphatic rings. The minimum absolute atomic E-state index is 0.300. The minimum atomic E-state index is -0.300. The highest BCUT2D eigenvalue weighted by atomic mass is 79.9. The number of hydrogen-bond donors (Lipinski definition) is 1. The second-order valence-electron chi connectivity index (χ2n) is 3.09. The molecule has 0 saturated heterocycles. The Labute approximate surface area is 89.1 Å². The second kappa shape index (κ2) is 3.20. The van der Waals surface area contributed by atoms with Crippen LogP contribution in [0.5, 0.6) is 0 Å². The molecule has 1 aromatic carbocycles. The summed E-state index contributed by atoms with van der Waals surface area (Å²) in [5, 5.41) is 0.767. The first-order valence-corrected chi connectivity index (χ1v) is 4.89. The summed E-state index contributed by atoms with van der Waals surface area (Å²) in [6.07, 6.45) is 0. The van der Waals surface area contributed by atoms with Crippen LogP contribution in [0, 0.1) is 12.7 Å². The number of halogens is 2. The largest absolute Gasteiger partial charge is 0.397 e. The Morgan fingerprint density at radius 3 is 2.86 bits per heavy atom. The van der Waals surface area contributed by atoms with Gasteiger partial charge < -0.3 is 5.73 Å². The summed E-state index contributed by atoms with van der Waals surface area (Å²) >= 11 is 3.34. The third-order valence-electron chi connectivity index (χ3n) is 2.09. The first-order chi connectivity index (χ1) is 6.59. The zero-order valence-electron chi connectivity index (χ0n) is 7.51. The fourth-order valence-electron chi connectivity index (χ4n) is 1.37. The van der Waals surface area contributed by atoms with Crippen molar-refractivity contribution in [1.29, 1.82) is 0 Å². The van der Waals surface area contributed by atoms with Crippen molar-refractivity contribution in [3.05, 3.63) is 34.2 Å². The number of fused-ring (bicyclic) bond motifs is 1. The minimum Gasteiger partial charge on any atom is -0.397 e. The number of nitrogen functional groups attached to an aromatic ring is 1. The molecule has 0 bridgehead atoms. The van der Waals surface area contributed by atoms with Gasteiger partial charge in [0.05, 0.1) is 21.4 Å². The molecule has 1 heterocycles. The molecular weight excluding hydrogens is 247 g/mol. The molecule has 0 aliphatic heterocycles. The fourth-order valence-corrected chi connectivity index (χ4v) is 1.67. The highest BCUT2D eigenvalue weighted by Crippen LogP contribution is 2.29. The van der Waals surface area contributed by atoms with Crippen LogP contribution in [0.2, 0.25) is 0 Å². The molecule has 0 fully saturated rings. The quantitative estimate of drug-likeness (QED) is 0.785. The van der Waals surface area contributed by atoms with Gasteiger partial charge in [0.2, 0.25) is 0 Å². The smallest absolute Gasteiger partial charge is 0.125 e. The van der Waals surface area contributed by atoms with E-state index in [0.29, 0.717) is 11.2 Å². The molecule has 0 unspecified atom stereocenters. The van der Waals surface area contributed by atoms with E-state index >= 15 is 0 Å². The Morgan fingerprint density at radius 2 is 2.14 bits per heavy atom. The molecule has 0 amide bonds. The number of nitrogens with two attached hydrogens (primary N) is 1. The topological polar surface area (TPSA) is 38.9 Å². The summed E-state index contributed by atoms with van der Waals surface area (Å²) in [5.74, 6) is -0.300. The lowest BCUT2D eigenvalue weighted by Gasteiger charge is -2.06. The van der Waals surface area contributed by atoms with Crippen LogP contribution < -0.4 is 5.73 Å². The summed E-state index contributed by atoms with van der Waals surface area (Å²) in [7, 11) is 0. The van der Waals surface area contributed by atoms with E-state index in [9.17, 15) is 4.39 Å². The molecule has 2 aromatic rings. The molecule has 4 heteroatoms. The van der Waals surface area contributed by atoms with Gasteiger partial charge in [0.1, 0.15) is 5.82 Å². The van der Waals surface area contributed by atoms with Crippen LogP contribution in [0.3, 0.4) is 0 Å². The number of anilines is 1. The zero-order chi connectivity index (χ0) is 10.3. The number of pyridine rings is 1. The highest BCUT2D eigenvalue weighted by molar-refractivity contribution is 9.10. The van der Waals surface area contributed by atoms with Crippen LogP contribution in [0.1, 0.15) is 5.69 Å². The Hall–Kier alpha value is -1.16. The average Bonchev–Trinajstić information content (AvgIpc) is 2.14. The molecule has 0 aliphatic carbocycles. The number of benzene rings is 1. The van der Waals surface area contributed by atoms with Crippen molar-refractivity contribution in [3.63, 3.8) is 0 Å². The lowest BCUT2D eigenvalue weighted by Crippen LogP contribution is -1.95. The average molecular weight is 255 g/mol. The maximum atomic E-state index is 12.9. The lowest BCUT2D eigenvalue weighted by molar-refractivity contribution is 0.629. The van der Waals surface area contributed by atoms with Crippen molar-refractivity contribution in [2.45, 2.75) is 6.92 Å². The SMILES string of the molecule is Cc1nc2cc(F)ccc2c(N)c1Br. The Bertz CT molecular complexity index is 511. The first kappa shape index (κ1) is 9.40. The van der Waals surface area contributed by atoms with E-state index in [0.717, 1.165) is 15.6 Å². The van der Waals surface area contributed by atoms with Crippen LogP contribution in [0.15, 0.2) is 22.7 Å². The van der Waals surface area contributed by atoms with Gasteiger partial charge in [0.15, 0.2) is 0 Å². The van der Waals surface area contributed by atoms with E-state index in [2.05, 4.69) is 20.9 Å². The predicted molar refractivity (Wildman–Crippen MR) is 58.6 cm³/mol. The second-order valence-corrected chi connectivity index (χ2v) is 3.88. The molecule has 0 radical (unpaired) electrons. The summed E-state index contributed by atoms with van der Waals surface area (Å²) in [5.41, 5.74) is 7.81. The maximum Gasteiger partial charge on any atom is 0.125 e. The summed E-state index contributed by atoms with van der Waals surface area (Å²) < 4.78 is 13.7. The van der Waals surface area contributed by atoms with Gasteiger partial charge >= 0.3 is 0 Å². The number of nitrogens with zero attached hydrogens (tertiary/aromatic N) is 1. The van der Waals surface area contributed by atoms with Crippen LogP contribution in [-0.4, -0.2) is 4.98 Å². The van der Waals surface area contributed by atoms with E-state index in [1.165, 1.54) is 12.1 Å². The van der Waals surface area contributed by atoms with Crippen LogP contribution in [0.25, 0.3) is 10.9 Å². The molecule has 2 N–H and O–H groups in total. The molecule has 14 heavy (non-hydrogen) atoms. The van der Waals surface area contributed by atoms with Crippen molar-refractivity contribution in [1.82, 2.24) is 4.98 Å². The number of rotatable bonds is 0. The van der Waals surface area contributed by atoms with E-state index in [1.807, 2.05) is 6.92 Å². The van der Waals surface area contributed by atoms with Crippen molar-refractivity contribution in [2.24, 2.45) is 0 Å². The number of hydrogen-bond acceptors (Lipinski definition) is 2. The monoisotopic (exact) mass is 254 g/mol. The first-order valence-electron chi connectivity index (χ1n) is 4.10. The Morgan fingerprint density at radius 1 is 1.43 bits per heavy atom. The highest BCUT2D eigenvalue weighted by Gasteiger charge is 2.07. The van der Waals surface area contributed by atoms with Gasteiger partial charge in [-0.25, -0.2) is 4.39 Å². The van der Waals surface area contributed by atoms with Gasteiger partial charge in [-0.1, -0.05) is 0 Å². The Balaban J connectivity index is 2.91. The van der Waals surface area contributed by atoms with E-state index in [1.54, 1.807) is 6.07 Å². The standard InChI is InChI=1S/C10H8BrFN2/c1-5-9(11)10(13)7-3-2-6(12)4-8(7)14-5/h2-4H,1H3,(H2,13,14). The van der Waals surface area contributed by atoms with Gasteiger partial charge in [-0.15, -0.1) is 0 Å². The van der Waals surface area contributed by atoms with Gasteiger partial charge in [0, 0.05) is 11.5 Å². The third-order valence-corrected chi connectivity index (χ3v) is 3.09. The van der Waals surface area contributed by atoms with Crippen LogP contribution >= 0.6 is 15.9 Å². The molecule has 0 spiro atoms. The van der Waals surface area contributed by atoms with E-state index < -0.39 is 0 Å². The fraction of sp³-hybridized carbons (Fsp3) is 0.100. The molecule has 72 valence electrons. The molecule has 0 saturated carbocycles. The van der Waals surface area contributed by atoms with Gasteiger partial charge in [0.25, 0.3) is 0 Å². The van der Waals surface area contributed by atoms with Gasteiger partial charge in [-0.3, -0.25) is 4.98 Å². The van der Waals surface area contributed by atoms with Gasteiger partial charge in [-0.05, 0) is 35.0 Å². The predicted octanol–water partition coefficient (Wildman–Crippen LogP) is 3.03. The lowest BCUT2D eigenvalue weighted by atomic mass is 10.1. The maximum absolute atomic E-state index is 12.9. The molecule has 2 rings (SSSR count). The summed E-state index contributed by atoms with van der Waals surface area (Å²) in [6, 6.07) is 4.39. The van der Waals surface area contributed by atoms with Crippen molar-refractivity contribution < 1.29 is 4.39 Å². The molecule has 1 aromatic heterocycles. The van der Waals surface area contributed by atoms with Gasteiger partial charge in [-0.2, -0.15) is 0 Å². The normalized spacial score (nSPS) is 10.8. The van der Waals surface area contributed by atoms with Crippen molar-refractivity contribution in [2.75, 3.05) is 5.73 Å². The summed E-state index contributed by atoms with van der Waals surface area (Å²) in [4.78, 5) is 4.23. The summed E-state index contributed by atoms with van der Waals surface area (Å²) in [6.45, 7) is 1.82. The number of aromatic nitrogens is 1. The van der Waals surface area contributed by atoms with Crippen molar-refractivity contribution >= 4 is 32.5 Å². The van der Waals surface area contributed by atoms with Crippen molar-refractivity contribution in [3.8, 4) is 0 Å². The van der Waals surface area contributed by atoms with Crippen LogP contribution in [0.4, 0.5) is 10.1 Å². The molecular formula is C10H8BrFN2. The molecule has 0 atom stereocenters. The zero-order valence-corrected chi connectivity index (χ0v) is 9.10. The van der Waals surface area contributed by atoms with E-state index in [4.69, 9.17) is 5.73 Å². The third kappa shape index (κ3) is 1.35.